The Hall–Kier alpha value is -0.480. The highest BCUT2D eigenvalue weighted by molar-refractivity contribution is 9.10. The maximum absolute atomic E-state index is 13.8. The SMILES string of the molecule is CC(O)(CC1CC1)c1c(F)ccc(Br)c1F. The zero-order valence-corrected chi connectivity index (χ0v) is 10.5. The summed E-state index contributed by atoms with van der Waals surface area (Å²) in [6, 6.07) is 2.48. The van der Waals surface area contributed by atoms with Gasteiger partial charge in [0.2, 0.25) is 0 Å². The molecule has 0 heterocycles. The first-order valence-corrected chi connectivity index (χ1v) is 6.07. The van der Waals surface area contributed by atoms with Gasteiger partial charge in [0.1, 0.15) is 11.6 Å². The molecule has 1 aliphatic rings. The predicted octanol–water partition coefficient (Wildman–Crippen LogP) is 3.73. The van der Waals surface area contributed by atoms with Crippen molar-refractivity contribution >= 4 is 15.9 Å². The molecule has 0 aliphatic heterocycles. The summed E-state index contributed by atoms with van der Waals surface area (Å²) in [6.07, 6.45) is 2.48. The van der Waals surface area contributed by atoms with E-state index in [4.69, 9.17) is 0 Å². The van der Waals surface area contributed by atoms with E-state index in [1.807, 2.05) is 0 Å². The molecular weight excluding hydrogens is 278 g/mol. The van der Waals surface area contributed by atoms with Gasteiger partial charge in [0.05, 0.1) is 15.6 Å². The van der Waals surface area contributed by atoms with Crippen molar-refractivity contribution in [1.82, 2.24) is 0 Å². The molecule has 0 radical (unpaired) electrons. The molecule has 0 spiro atoms. The lowest BCUT2D eigenvalue weighted by Crippen LogP contribution is -2.25. The van der Waals surface area contributed by atoms with Crippen LogP contribution in [0.15, 0.2) is 16.6 Å². The second kappa shape index (κ2) is 4.08. The first-order chi connectivity index (χ1) is 7.42. The molecule has 0 saturated heterocycles. The number of benzene rings is 1. The summed E-state index contributed by atoms with van der Waals surface area (Å²) in [5.41, 5.74) is -1.66. The molecule has 1 atom stereocenters. The Balaban J connectivity index is 2.40. The van der Waals surface area contributed by atoms with Gasteiger partial charge >= 0.3 is 0 Å². The van der Waals surface area contributed by atoms with Crippen LogP contribution in [0.1, 0.15) is 31.7 Å². The summed E-state index contributed by atoms with van der Waals surface area (Å²) in [4.78, 5) is 0. The van der Waals surface area contributed by atoms with E-state index in [-0.39, 0.29) is 10.0 Å². The molecule has 1 N–H and O–H groups in total. The van der Waals surface area contributed by atoms with Gasteiger partial charge in [-0.2, -0.15) is 0 Å². The minimum atomic E-state index is -1.43. The van der Waals surface area contributed by atoms with Gasteiger partial charge in [-0.3, -0.25) is 0 Å². The highest BCUT2D eigenvalue weighted by atomic mass is 79.9. The van der Waals surface area contributed by atoms with E-state index in [9.17, 15) is 13.9 Å². The molecule has 1 aliphatic carbocycles. The smallest absolute Gasteiger partial charge is 0.146 e. The first kappa shape index (κ1) is 12.0. The third kappa shape index (κ3) is 2.28. The molecule has 0 amide bonds. The van der Waals surface area contributed by atoms with Crippen LogP contribution in [-0.4, -0.2) is 5.11 Å². The fourth-order valence-corrected chi connectivity index (χ4v) is 2.34. The zero-order valence-electron chi connectivity index (χ0n) is 8.93. The van der Waals surface area contributed by atoms with E-state index >= 15 is 0 Å². The molecule has 0 bridgehead atoms. The van der Waals surface area contributed by atoms with E-state index in [1.54, 1.807) is 0 Å². The van der Waals surface area contributed by atoms with E-state index in [0.717, 1.165) is 12.8 Å². The maximum Gasteiger partial charge on any atom is 0.146 e. The van der Waals surface area contributed by atoms with Gasteiger partial charge in [-0.25, -0.2) is 8.78 Å². The number of hydrogen-bond acceptors (Lipinski definition) is 1. The second-order valence-corrected chi connectivity index (χ2v) is 5.49. The van der Waals surface area contributed by atoms with Crippen LogP contribution in [0.5, 0.6) is 0 Å². The summed E-state index contributed by atoms with van der Waals surface area (Å²) >= 11 is 3.00. The minimum absolute atomic E-state index is 0.181. The molecule has 1 aromatic carbocycles. The molecule has 1 unspecified atom stereocenters. The zero-order chi connectivity index (χ0) is 11.9. The van der Waals surface area contributed by atoms with Gasteiger partial charge in [0, 0.05) is 0 Å². The van der Waals surface area contributed by atoms with Crippen molar-refractivity contribution in [2.45, 2.75) is 31.8 Å². The Kier molecular flexibility index (Phi) is 3.05. The highest BCUT2D eigenvalue weighted by Crippen LogP contribution is 2.42. The lowest BCUT2D eigenvalue weighted by molar-refractivity contribution is 0.0342. The average molecular weight is 291 g/mol. The van der Waals surface area contributed by atoms with Crippen LogP contribution in [0.2, 0.25) is 0 Å². The standard InChI is InChI=1S/C12H13BrF2O/c1-12(16,6-7-2-3-7)10-9(14)5-4-8(13)11(10)15/h4-5,7,16H,2-3,6H2,1H3. The van der Waals surface area contributed by atoms with Gasteiger partial charge in [0.15, 0.2) is 0 Å². The molecule has 2 rings (SSSR count). The van der Waals surface area contributed by atoms with Gasteiger partial charge in [-0.05, 0) is 47.3 Å². The van der Waals surface area contributed by atoms with Gasteiger partial charge in [-0.15, -0.1) is 0 Å². The second-order valence-electron chi connectivity index (χ2n) is 4.64. The van der Waals surface area contributed by atoms with E-state index in [1.165, 1.54) is 19.1 Å². The molecular formula is C12H13BrF2O. The summed E-state index contributed by atoms with van der Waals surface area (Å²) in [5, 5.41) is 10.2. The first-order valence-electron chi connectivity index (χ1n) is 5.28. The lowest BCUT2D eigenvalue weighted by atomic mass is 9.89. The van der Waals surface area contributed by atoms with Crippen molar-refractivity contribution in [2.24, 2.45) is 5.92 Å². The van der Waals surface area contributed by atoms with E-state index in [0.29, 0.717) is 12.3 Å². The Bertz CT molecular complexity index is 414. The average Bonchev–Trinajstić information content (AvgIpc) is 2.94. The summed E-state index contributed by atoms with van der Waals surface area (Å²) in [7, 11) is 0. The van der Waals surface area contributed by atoms with Crippen LogP contribution < -0.4 is 0 Å². The van der Waals surface area contributed by atoms with Crippen molar-refractivity contribution < 1.29 is 13.9 Å². The van der Waals surface area contributed by atoms with Gasteiger partial charge < -0.3 is 5.11 Å². The largest absolute Gasteiger partial charge is 0.385 e. The maximum atomic E-state index is 13.8. The number of aliphatic hydroxyl groups is 1. The topological polar surface area (TPSA) is 20.2 Å². The van der Waals surface area contributed by atoms with E-state index < -0.39 is 17.2 Å². The molecule has 4 heteroatoms. The van der Waals surface area contributed by atoms with Crippen LogP contribution in [0.4, 0.5) is 8.78 Å². The van der Waals surface area contributed by atoms with Crippen LogP contribution in [0.25, 0.3) is 0 Å². The van der Waals surface area contributed by atoms with Crippen molar-refractivity contribution in [3.8, 4) is 0 Å². The molecule has 1 saturated carbocycles. The van der Waals surface area contributed by atoms with Crippen molar-refractivity contribution in [2.75, 3.05) is 0 Å². The van der Waals surface area contributed by atoms with Gasteiger partial charge in [0.25, 0.3) is 0 Å². The number of rotatable bonds is 3. The molecule has 0 aromatic heterocycles. The Morgan fingerprint density at radius 1 is 1.44 bits per heavy atom. The fourth-order valence-electron chi connectivity index (χ4n) is 2.01. The van der Waals surface area contributed by atoms with Crippen LogP contribution in [0.3, 0.4) is 0 Å². The van der Waals surface area contributed by atoms with Crippen LogP contribution >= 0.6 is 15.9 Å². The highest BCUT2D eigenvalue weighted by Gasteiger charge is 2.37. The van der Waals surface area contributed by atoms with Gasteiger partial charge in [-0.1, -0.05) is 12.8 Å². The molecule has 1 fully saturated rings. The molecule has 88 valence electrons. The van der Waals surface area contributed by atoms with Crippen molar-refractivity contribution in [3.05, 3.63) is 33.8 Å². The van der Waals surface area contributed by atoms with Crippen molar-refractivity contribution in [1.29, 1.82) is 0 Å². The van der Waals surface area contributed by atoms with Crippen LogP contribution in [-0.2, 0) is 5.60 Å². The number of halogens is 3. The lowest BCUT2D eigenvalue weighted by Gasteiger charge is -2.25. The summed E-state index contributed by atoms with van der Waals surface area (Å²) in [6.45, 7) is 1.47. The predicted molar refractivity (Wildman–Crippen MR) is 61.0 cm³/mol. The molecule has 16 heavy (non-hydrogen) atoms. The quantitative estimate of drug-likeness (QED) is 0.841. The summed E-state index contributed by atoms with van der Waals surface area (Å²) in [5.74, 6) is -0.996. The Morgan fingerprint density at radius 2 is 2.06 bits per heavy atom. The molecule has 1 aromatic rings. The minimum Gasteiger partial charge on any atom is -0.385 e. The summed E-state index contributed by atoms with van der Waals surface area (Å²) < 4.78 is 27.5. The monoisotopic (exact) mass is 290 g/mol. The Morgan fingerprint density at radius 3 is 2.62 bits per heavy atom. The Labute approximate surface area is 102 Å². The third-order valence-corrected chi connectivity index (χ3v) is 3.58. The van der Waals surface area contributed by atoms with E-state index in [2.05, 4.69) is 15.9 Å². The fraction of sp³-hybridized carbons (Fsp3) is 0.500. The normalized spacial score (nSPS) is 19.6. The van der Waals surface area contributed by atoms with Crippen LogP contribution in [0, 0.1) is 17.6 Å². The number of hydrogen-bond donors (Lipinski definition) is 1. The third-order valence-electron chi connectivity index (χ3n) is 2.97. The van der Waals surface area contributed by atoms with Crippen molar-refractivity contribution in [3.63, 3.8) is 0 Å². The molecule has 1 nitrogen and oxygen atoms in total.